The molecule has 0 fully saturated rings. The lowest BCUT2D eigenvalue weighted by Gasteiger charge is -2.22. The average molecular weight is 375 g/mol. The fourth-order valence-corrected chi connectivity index (χ4v) is 2.35. The van der Waals surface area contributed by atoms with E-state index in [-0.39, 0.29) is 12.4 Å². The molecule has 0 saturated heterocycles. The van der Waals surface area contributed by atoms with Crippen LogP contribution in [-0.4, -0.2) is 34.5 Å². The normalized spacial score (nSPS) is 12.5. The Hall–Kier alpha value is -2.65. The number of rotatable bonds is 5. The second kappa shape index (κ2) is 8.15. The van der Waals surface area contributed by atoms with Gasteiger partial charge in [-0.3, -0.25) is 9.56 Å². The molecular formula is C16H18F5N5. The van der Waals surface area contributed by atoms with Gasteiger partial charge >= 0.3 is 12.7 Å². The van der Waals surface area contributed by atoms with Gasteiger partial charge in [-0.05, 0) is 17.7 Å². The standard InChI is InChI=1S/C16H18F5N5/c1-22-15(24-9-13-23-7-8-26(13)14(17)18)25(2)10-11-3-5-12(6-4-11)16(19,20)21/h3-8,14H,9-10H2,1-2H3,(H,22,24). The number of benzene rings is 1. The summed E-state index contributed by atoms with van der Waals surface area (Å²) in [4.78, 5) is 9.57. The van der Waals surface area contributed by atoms with Crippen LogP contribution in [0.3, 0.4) is 0 Å². The van der Waals surface area contributed by atoms with Crippen LogP contribution in [0.2, 0.25) is 0 Å². The molecule has 0 unspecified atom stereocenters. The lowest BCUT2D eigenvalue weighted by molar-refractivity contribution is -0.137. The number of hydrogen-bond acceptors (Lipinski definition) is 2. The highest BCUT2D eigenvalue weighted by Gasteiger charge is 2.29. The molecule has 1 N–H and O–H groups in total. The van der Waals surface area contributed by atoms with Crippen LogP contribution < -0.4 is 5.32 Å². The van der Waals surface area contributed by atoms with Crippen molar-refractivity contribution in [1.82, 2.24) is 19.8 Å². The first-order valence-corrected chi connectivity index (χ1v) is 7.60. The minimum absolute atomic E-state index is 0.0291. The van der Waals surface area contributed by atoms with Crippen molar-refractivity contribution in [1.29, 1.82) is 0 Å². The highest BCUT2D eigenvalue weighted by atomic mass is 19.4. The van der Waals surface area contributed by atoms with Crippen LogP contribution >= 0.6 is 0 Å². The molecular weight excluding hydrogens is 357 g/mol. The SMILES string of the molecule is CN=C(NCc1nccn1C(F)F)N(C)Cc1ccc(C(F)(F)F)cc1. The average Bonchev–Trinajstić information content (AvgIpc) is 3.04. The van der Waals surface area contributed by atoms with E-state index in [1.54, 1.807) is 11.9 Å². The first kappa shape index (κ1) is 19.7. The van der Waals surface area contributed by atoms with Crippen molar-refractivity contribution < 1.29 is 22.0 Å². The molecule has 0 amide bonds. The fraction of sp³-hybridized carbons (Fsp3) is 0.375. The van der Waals surface area contributed by atoms with Gasteiger partial charge in [-0.2, -0.15) is 22.0 Å². The van der Waals surface area contributed by atoms with E-state index >= 15 is 0 Å². The van der Waals surface area contributed by atoms with Gasteiger partial charge in [0.25, 0.3) is 0 Å². The van der Waals surface area contributed by atoms with Crippen molar-refractivity contribution >= 4 is 5.96 Å². The molecule has 2 aromatic rings. The van der Waals surface area contributed by atoms with Crippen LogP contribution in [-0.2, 0) is 19.3 Å². The lowest BCUT2D eigenvalue weighted by atomic mass is 10.1. The van der Waals surface area contributed by atoms with Crippen molar-refractivity contribution in [3.63, 3.8) is 0 Å². The zero-order valence-electron chi connectivity index (χ0n) is 14.1. The van der Waals surface area contributed by atoms with E-state index in [9.17, 15) is 22.0 Å². The summed E-state index contributed by atoms with van der Waals surface area (Å²) in [5, 5.41) is 2.90. The topological polar surface area (TPSA) is 45.5 Å². The molecule has 0 radical (unpaired) electrons. The quantitative estimate of drug-likeness (QED) is 0.494. The third-order valence-electron chi connectivity index (χ3n) is 3.64. The molecule has 0 atom stereocenters. The number of hydrogen-bond donors (Lipinski definition) is 1. The molecule has 1 heterocycles. The Morgan fingerprint density at radius 1 is 1.27 bits per heavy atom. The maximum atomic E-state index is 12.8. The first-order chi connectivity index (χ1) is 12.2. The number of halogens is 5. The van der Waals surface area contributed by atoms with Gasteiger partial charge in [-0.25, -0.2) is 4.98 Å². The Balaban J connectivity index is 1.98. The number of aliphatic imine (C=N–C) groups is 1. The van der Waals surface area contributed by atoms with Crippen molar-refractivity contribution in [3.8, 4) is 0 Å². The van der Waals surface area contributed by atoms with Gasteiger partial charge in [0.1, 0.15) is 5.82 Å². The molecule has 0 bridgehead atoms. The van der Waals surface area contributed by atoms with E-state index in [0.717, 1.165) is 16.7 Å². The Kier molecular flexibility index (Phi) is 6.17. The number of alkyl halides is 5. The van der Waals surface area contributed by atoms with Crippen LogP contribution in [0.5, 0.6) is 0 Å². The Morgan fingerprint density at radius 3 is 2.46 bits per heavy atom. The van der Waals surface area contributed by atoms with Crippen molar-refractivity contribution in [2.45, 2.75) is 25.8 Å². The van der Waals surface area contributed by atoms with Gasteiger partial charge in [-0.1, -0.05) is 12.1 Å². The van der Waals surface area contributed by atoms with Gasteiger partial charge in [0, 0.05) is 33.0 Å². The van der Waals surface area contributed by atoms with Gasteiger partial charge in [0.2, 0.25) is 0 Å². The van der Waals surface area contributed by atoms with Gasteiger partial charge < -0.3 is 10.2 Å². The van der Waals surface area contributed by atoms with Gasteiger partial charge in [0.15, 0.2) is 5.96 Å². The number of nitrogens with one attached hydrogen (secondary N) is 1. The van der Waals surface area contributed by atoms with Crippen LogP contribution in [0.25, 0.3) is 0 Å². The molecule has 5 nitrogen and oxygen atoms in total. The summed E-state index contributed by atoms with van der Waals surface area (Å²) in [5.41, 5.74) is -0.0669. The summed E-state index contributed by atoms with van der Waals surface area (Å²) < 4.78 is 64.1. The van der Waals surface area contributed by atoms with Crippen LogP contribution in [0, 0.1) is 0 Å². The minimum atomic E-state index is -4.38. The number of nitrogens with zero attached hydrogens (tertiary/aromatic N) is 4. The van der Waals surface area contributed by atoms with E-state index in [2.05, 4.69) is 15.3 Å². The summed E-state index contributed by atoms with van der Waals surface area (Å²) >= 11 is 0. The van der Waals surface area contributed by atoms with Crippen molar-refractivity contribution in [2.75, 3.05) is 14.1 Å². The second-order valence-corrected chi connectivity index (χ2v) is 5.48. The molecule has 26 heavy (non-hydrogen) atoms. The highest BCUT2D eigenvalue weighted by molar-refractivity contribution is 5.79. The smallest absolute Gasteiger partial charge is 0.349 e. The highest BCUT2D eigenvalue weighted by Crippen LogP contribution is 2.29. The van der Waals surface area contributed by atoms with Crippen LogP contribution in [0.4, 0.5) is 22.0 Å². The van der Waals surface area contributed by atoms with Crippen molar-refractivity contribution in [2.24, 2.45) is 4.99 Å². The summed E-state index contributed by atoms with van der Waals surface area (Å²) in [5.74, 6) is 0.540. The van der Waals surface area contributed by atoms with E-state index in [4.69, 9.17) is 0 Å². The summed E-state index contributed by atoms with van der Waals surface area (Å²) in [7, 11) is 3.21. The molecule has 10 heteroatoms. The fourth-order valence-electron chi connectivity index (χ4n) is 2.35. The Labute approximate surface area is 147 Å². The molecule has 0 aliphatic rings. The first-order valence-electron chi connectivity index (χ1n) is 7.60. The minimum Gasteiger partial charge on any atom is -0.349 e. The zero-order valence-corrected chi connectivity index (χ0v) is 14.1. The summed E-state index contributed by atoms with van der Waals surface area (Å²) in [6.07, 6.45) is -1.93. The molecule has 0 aliphatic heterocycles. The van der Waals surface area contributed by atoms with Gasteiger partial charge in [0.05, 0.1) is 12.1 Å². The molecule has 1 aromatic heterocycles. The maximum absolute atomic E-state index is 12.8. The van der Waals surface area contributed by atoms with E-state index in [1.165, 1.54) is 31.6 Å². The molecule has 0 saturated carbocycles. The van der Waals surface area contributed by atoms with Crippen LogP contribution in [0.15, 0.2) is 41.7 Å². The molecule has 142 valence electrons. The predicted octanol–water partition coefficient (Wildman–Crippen LogP) is 3.50. The van der Waals surface area contributed by atoms with E-state index in [1.807, 2.05) is 0 Å². The second-order valence-electron chi connectivity index (χ2n) is 5.48. The molecule has 1 aromatic carbocycles. The number of guanidine groups is 1. The van der Waals surface area contributed by atoms with Crippen molar-refractivity contribution in [3.05, 3.63) is 53.6 Å². The summed E-state index contributed by atoms with van der Waals surface area (Å²) in [6.45, 7) is -2.37. The predicted molar refractivity (Wildman–Crippen MR) is 86.6 cm³/mol. The van der Waals surface area contributed by atoms with Crippen LogP contribution in [0.1, 0.15) is 23.5 Å². The molecule has 0 aliphatic carbocycles. The third kappa shape index (κ3) is 4.93. The van der Waals surface area contributed by atoms with E-state index < -0.39 is 18.3 Å². The molecule has 0 spiro atoms. The number of aromatic nitrogens is 2. The monoisotopic (exact) mass is 375 g/mol. The van der Waals surface area contributed by atoms with E-state index in [0.29, 0.717) is 18.1 Å². The Bertz CT molecular complexity index is 736. The zero-order chi connectivity index (χ0) is 19.3. The number of imidazole rings is 1. The third-order valence-corrected chi connectivity index (χ3v) is 3.64. The maximum Gasteiger partial charge on any atom is 0.416 e. The van der Waals surface area contributed by atoms with Gasteiger partial charge in [-0.15, -0.1) is 0 Å². The largest absolute Gasteiger partial charge is 0.416 e. The lowest BCUT2D eigenvalue weighted by Crippen LogP contribution is -2.38. The molecule has 2 rings (SSSR count). The Morgan fingerprint density at radius 2 is 1.92 bits per heavy atom. The summed E-state index contributed by atoms with van der Waals surface area (Å²) in [6, 6.07) is 4.80.